The average molecular weight is 271 g/mol. The summed E-state index contributed by atoms with van der Waals surface area (Å²) in [6, 6.07) is 8.61. The van der Waals surface area contributed by atoms with E-state index in [4.69, 9.17) is 4.74 Å². The fraction of sp³-hybridized carbons (Fsp3) is 0.438. The number of rotatable bonds is 6. The van der Waals surface area contributed by atoms with Crippen molar-refractivity contribution in [3.63, 3.8) is 0 Å². The standard InChI is InChI=1S/C16H21N3O/c1-2-17-12-15-6-9-19(18-15)8-5-13-3-4-16-14(11-13)7-10-20-16/h3-4,6,9,11,17H,2,5,7-8,10,12H2,1H3. The van der Waals surface area contributed by atoms with Gasteiger partial charge in [0, 0.05) is 25.7 Å². The molecule has 0 saturated carbocycles. The Balaban J connectivity index is 1.57. The minimum absolute atomic E-state index is 0.825. The molecule has 4 nitrogen and oxygen atoms in total. The van der Waals surface area contributed by atoms with Gasteiger partial charge in [-0.05, 0) is 36.2 Å². The molecule has 3 rings (SSSR count). The van der Waals surface area contributed by atoms with E-state index in [-0.39, 0.29) is 0 Å². The summed E-state index contributed by atoms with van der Waals surface area (Å²) in [6.07, 6.45) is 4.11. The van der Waals surface area contributed by atoms with Crippen LogP contribution >= 0.6 is 0 Å². The van der Waals surface area contributed by atoms with Gasteiger partial charge in [-0.2, -0.15) is 5.10 Å². The Kier molecular flexibility index (Phi) is 4.02. The summed E-state index contributed by atoms with van der Waals surface area (Å²) in [5.74, 6) is 1.06. The van der Waals surface area contributed by atoms with E-state index in [0.29, 0.717) is 0 Å². The van der Waals surface area contributed by atoms with Crippen molar-refractivity contribution in [1.29, 1.82) is 0 Å². The number of fused-ring (bicyclic) bond motifs is 1. The monoisotopic (exact) mass is 271 g/mol. The molecule has 0 aliphatic carbocycles. The van der Waals surface area contributed by atoms with Gasteiger partial charge in [0.15, 0.2) is 0 Å². The van der Waals surface area contributed by atoms with Crippen LogP contribution in [0.1, 0.15) is 23.7 Å². The van der Waals surface area contributed by atoms with Gasteiger partial charge in [0.2, 0.25) is 0 Å². The molecule has 2 heterocycles. The summed E-state index contributed by atoms with van der Waals surface area (Å²) < 4.78 is 7.56. The van der Waals surface area contributed by atoms with E-state index in [1.165, 1.54) is 11.1 Å². The summed E-state index contributed by atoms with van der Waals surface area (Å²) in [4.78, 5) is 0. The smallest absolute Gasteiger partial charge is 0.122 e. The van der Waals surface area contributed by atoms with Crippen LogP contribution in [0.3, 0.4) is 0 Å². The number of hydrogen-bond donors (Lipinski definition) is 1. The number of aryl methyl sites for hydroxylation is 2. The van der Waals surface area contributed by atoms with Crippen molar-refractivity contribution in [2.75, 3.05) is 13.2 Å². The molecule has 0 radical (unpaired) electrons. The molecule has 1 aliphatic heterocycles. The quantitative estimate of drug-likeness (QED) is 0.875. The zero-order valence-electron chi connectivity index (χ0n) is 11.9. The Hall–Kier alpha value is -1.81. The lowest BCUT2D eigenvalue weighted by atomic mass is 10.1. The van der Waals surface area contributed by atoms with Gasteiger partial charge >= 0.3 is 0 Å². The Morgan fingerprint density at radius 3 is 3.20 bits per heavy atom. The molecule has 0 atom stereocenters. The fourth-order valence-electron chi connectivity index (χ4n) is 2.51. The second kappa shape index (κ2) is 6.09. The fourth-order valence-corrected chi connectivity index (χ4v) is 2.51. The Bertz CT molecular complexity index is 577. The Morgan fingerprint density at radius 1 is 1.35 bits per heavy atom. The van der Waals surface area contributed by atoms with Crippen LogP contribution in [0, 0.1) is 0 Å². The average Bonchev–Trinajstić information content (AvgIpc) is 3.11. The summed E-state index contributed by atoms with van der Waals surface area (Å²) >= 11 is 0. The number of ether oxygens (including phenoxy) is 1. The summed E-state index contributed by atoms with van der Waals surface area (Å²) in [6.45, 7) is 5.68. The van der Waals surface area contributed by atoms with Crippen LogP contribution in [-0.4, -0.2) is 22.9 Å². The predicted molar refractivity (Wildman–Crippen MR) is 79.0 cm³/mol. The van der Waals surface area contributed by atoms with Crippen LogP contribution in [0.5, 0.6) is 5.75 Å². The van der Waals surface area contributed by atoms with Crippen LogP contribution in [0.4, 0.5) is 0 Å². The van der Waals surface area contributed by atoms with E-state index in [1.807, 2.05) is 4.68 Å². The third-order valence-corrected chi connectivity index (χ3v) is 3.64. The first-order chi connectivity index (χ1) is 9.85. The molecule has 20 heavy (non-hydrogen) atoms. The summed E-state index contributed by atoms with van der Waals surface area (Å²) in [5, 5.41) is 7.85. The van der Waals surface area contributed by atoms with Crippen molar-refractivity contribution in [2.24, 2.45) is 0 Å². The lowest BCUT2D eigenvalue weighted by Gasteiger charge is -2.05. The van der Waals surface area contributed by atoms with Crippen LogP contribution in [-0.2, 0) is 25.9 Å². The van der Waals surface area contributed by atoms with Gasteiger partial charge in [-0.1, -0.05) is 19.1 Å². The van der Waals surface area contributed by atoms with Crippen molar-refractivity contribution in [3.05, 3.63) is 47.3 Å². The number of nitrogens with one attached hydrogen (secondary N) is 1. The third-order valence-electron chi connectivity index (χ3n) is 3.64. The minimum atomic E-state index is 0.825. The molecule has 4 heteroatoms. The molecule has 0 fully saturated rings. The van der Waals surface area contributed by atoms with Gasteiger partial charge in [-0.25, -0.2) is 0 Å². The SMILES string of the molecule is CCNCc1ccn(CCc2ccc3c(c2)CCO3)n1. The maximum Gasteiger partial charge on any atom is 0.122 e. The molecular formula is C16H21N3O. The minimum Gasteiger partial charge on any atom is -0.493 e. The highest BCUT2D eigenvalue weighted by atomic mass is 16.5. The topological polar surface area (TPSA) is 39.1 Å². The molecule has 1 aromatic carbocycles. The molecule has 0 amide bonds. The molecule has 1 N–H and O–H groups in total. The van der Waals surface area contributed by atoms with Crippen molar-refractivity contribution >= 4 is 0 Å². The Labute approximate surface area is 119 Å². The van der Waals surface area contributed by atoms with Gasteiger partial charge in [-0.3, -0.25) is 4.68 Å². The predicted octanol–water partition coefficient (Wildman–Crippen LogP) is 2.17. The van der Waals surface area contributed by atoms with E-state index in [1.54, 1.807) is 0 Å². The molecule has 1 aromatic heterocycles. The van der Waals surface area contributed by atoms with Gasteiger partial charge < -0.3 is 10.1 Å². The lowest BCUT2D eigenvalue weighted by Crippen LogP contribution is -2.12. The Morgan fingerprint density at radius 2 is 2.30 bits per heavy atom. The van der Waals surface area contributed by atoms with Crippen LogP contribution in [0.2, 0.25) is 0 Å². The van der Waals surface area contributed by atoms with Crippen molar-refractivity contribution in [2.45, 2.75) is 32.9 Å². The number of aromatic nitrogens is 2. The van der Waals surface area contributed by atoms with E-state index in [9.17, 15) is 0 Å². The summed E-state index contributed by atoms with van der Waals surface area (Å²) in [7, 11) is 0. The van der Waals surface area contributed by atoms with Crippen LogP contribution in [0.15, 0.2) is 30.5 Å². The zero-order valence-corrected chi connectivity index (χ0v) is 11.9. The number of benzene rings is 1. The highest BCUT2D eigenvalue weighted by Gasteiger charge is 2.11. The number of nitrogens with zero attached hydrogens (tertiary/aromatic N) is 2. The second-order valence-electron chi connectivity index (χ2n) is 5.14. The first kappa shape index (κ1) is 13.2. The summed E-state index contributed by atoms with van der Waals surface area (Å²) in [5.41, 5.74) is 3.81. The third kappa shape index (κ3) is 3.02. The highest BCUT2D eigenvalue weighted by molar-refractivity contribution is 5.39. The molecule has 2 aromatic rings. The zero-order chi connectivity index (χ0) is 13.8. The molecule has 0 unspecified atom stereocenters. The van der Waals surface area contributed by atoms with Crippen LogP contribution in [0.25, 0.3) is 0 Å². The maximum absolute atomic E-state index is 5.53. The van der Waals surface area contributed by atoms with E-state index in [2.05, 4.69) is 47.8 Å². The second-order valence-corrected chi connectivity index (χ2v) is 5.14. The highest BCUT2D eigenvalue weighted by Crippen LogP contribution is 2.26. The van der Waals surface area contributed by atoms with Crippen LogP contribution < -0.4 is 10.1 Å². The molecule has 106 valence electrons. The van der Waals surface area contributed by atoms with Gasteiger partial charge in [0.1, 0.15) is 5.75 Å². The van der Waals surface area contributed by atoms with Gasteiger partial charge in [0.05, 0.1) is 12.3 Å². The molecule has 1 aliphatic rings. The van der Waals surface area contributed by atoms with E-state index >= 15 is 0 Å². The first-order valence-corrected chi connectivity index (χ1v) is 7.33. The van der Waals surface area contributed by atoms with Crippen molar-refractivity contribution in [1.82, 2.24) is 15.1 Å². The van der Waals surface area contributed by atoms with Crippen molar-refractivity contribution in [3.8, 4) is 5.75 Å². The molecule has 0 bridgehead atoms. The van der Waals surface area contributed by atoms with Crippen molar-refractivity contribution < 1.29 is 4.74 Å². The normalized spacial score (nSPS) is 13.2. The molecular weight excluding hydrogens is 250 g/mol. The van der Waals surface area contributed by atoms with E-state index in [0.717, 1.165) is 50.5 Å². The largest absolute Gasteiger partial charge is 0.493 e. The maximum atomic E-state index is 5.53. The lowest BCUT2D eigenvalue weighted by molar-refractivity contribution is 0.357. The molecule has 0 saturated heterocycles. The first-order valence-electron chi connectivity index (χ1n) is 7.33. The number of hydrogen-bond acceptors (Lipinski definition) is 3. The van der Waals surface area contributed by atoms with Gasteiger partial charge in [0.25, 0.3) is 0 Å². The van der Waals surface area contributed by atoms with Gasteiger partial charge in [-0.15, -0.1) is 0 Å². The molecule has 0 spiro atoms. The van der Waals surface area contributed by atoms with E-state index < -0.39 is 0 Å².